The SMILES string of the molecule is COC(=O)C1=C(O)c2cc(OC)c(OC)c(OC)c2[C@H](c2cc(OC)c(OC)c(OC)c2)C1C(=O)OC. The minimum atomic E-state index is -1.35. The first kappa shape index (κ1) is 27.3. The van der Waals surface area contributed by atoms with Crippen LogP contribution in [0.2, 0.25) is 0 Å². The van der Waals surface area contributed by atoms with E-state index in [4.69, 9.17) is 37.9 Å². The number of rotatable bonds is 9. The minimum Gasteiger partial charge on any atom is -0.507 e. The first-order valence-electron chi connectivity index (χ1n) is 11.0. The first-order valence-corrected chi connectivity index (χ1v) is 11.0. The summed E-state index contributed by atoms with van der Waals surface area (Å²) in [6.45, 7) is 0. The van der Waals surface area contributed by atoms with Crippen molar-refractivity contribution in [2.24, 2.45) is 5.92 Å². The molecule has 3 rings (SSSR count). The van der Waals surface area contributed by atoms with Crippen LogP contribution < -0.4 is 28.4 Å². The number of carbonyl (C=O) groups is 2. The molecular formula is C26H30O11. The first-order chi connectivity index (χ1) is 17.8. The van der Waals surface area contributed by atoms with Crippen LogP contribution >= 0.6 is 0 Å². The summed E-state index contributed by atoms with van der Waals surface area (Å²) >= 11 is 0. The van der Waals surface area contributed by atoms with E-state index in [9.17, 15) is 14.7 Å². The van der Waals surface area contributed by atoms with Crippen LogP contribution in [0.5, 0.6) is 34.5 Å². The predicted octanol–water partition coefficient (Wildman–Crippen LogP) is 3.12. The summed E-state index contributed by atoms with van der Waals surface area (Å²) in [4.78, 5) is 26.3. The second kappa shape index (κ2) is 11.2. The Morgan fingerprint density at radius 1 is 0.676 bits per heavy atom. The summed E-state index contributed by atoms with van der Waals surface area (Å²) < 4.78 is 43.3. The van der Waals surface area contributed by atoms with E-state index in [1.807, 2.05) is 0 Å². The second-order valence-electron chi connectivity index (χ2n) is 7.80. The van der Waals surface area contributed by atoms with Gasteiger partial charge in [0, 0.05) is 17.0 Å². The van der Waals surface area contributed by atoms with Crippen LogP contribution in [0.15, 0.2) is 23.8 Å². The molecule has 0 saturated heterocycles. The van der Waals surface area contributed by atoms with Crippen molar-refractivity contribution in [1.29, 1.82) is 0 Å². The van der Waals surface area contributed by atoms with Crippen molar-refractivity contribution in [2.45, 2.75) is 5.92 Å². The fourth-order valence-corrected chi connectivity index (χ4v) is 4.66. The van der Waals surface area contributed by atoms with E-state index < -0.39 is 29.5 Å². The summed E-state index contributed by atoms with van der Waals surface area (Å²) in [6.07, 6.45) is 0. The van der Waals surface area contributed by atoms with Crippen molar-refractivity contribution in [3.05, 3.63) is 40.5 Å². The Morgan fingerprint density at radius 2 is 1.19 bits per heavy atom. The number of hydrogen-bond donors (Lipinski definition) is 1. The number of esters is 2. The standard InChI is InChI=1S/C26H30O11/c1-30-14-9-12(10-15(31-2)22(14)33-4)17-18-13(11-16(32-3)23(34-5)24(18)35-6)21(27)20(26(29)37-8)19(17)25(28)36-7/h9-11,17,19,27H,1-8H3/t17-,19?/m0/s1. The van der Waals surface area contributed by atoms with Gasteiger partial charge in [0.2, 0.25) is 11.5 Å². The van der Waals surface area contributed by atoms with E-state index >= 15 is 0 Å². The number of carbonyl (C=O) groups excluding carboxylic acids is 2. The van der Waals surface area contributed by atoms with E-state index in [0.717, 1.165) is 7.11 Å². The molecule has 2 aromatic rings. The molecule has 2 atom stereocenters. The third-order valence-corrected chi connectivity index (χ3v) is 6.24. The molecule has 0 heterocycles. The Balaban J connectivity index is 2.57. The van der Waals surface area contributed by atoms with Crippen molar-refractivity contribution < 1.29 is 52.6 Å². The van der Waals surface area contributed by atoms with Gasteiger partial charge in [-0.2, -0.15) is 0 Å². The smallest absolute Gasteiger partial charge is 0.338 e. The average molecular weight is 519 g/mol. The number of fused-ring (bicyclic) bond motifs is 1. The molecule has 1 aliphatic carbocycles. The van der Waals surface area contributed by atoms with E-state index in [-0.39, 0.29) is 28.4 Å². The lowest BCUT2D eigenvalue weighted by Crippen LogP contribution is -2.34. The lowest BCUT2D eigenvalue weighted by molar-refractivity contribution is -0.148. The number of ether oxygens (including phenoxy) is 8. The Morgan fingerprint density at radius 3 is 1.62 bits per heavy atom. The zero-order valence-electron chi connectivity index (χ0n) is 21.9. The lowest BCUT2D eigenvalue weighted by Gasteiger charge is -2.35. The van der Waals surface area contributed by atoms with E-state index in [0.29, 0.717) is 28.4 Å². The normalized spacial score (nSPS) is 16.3. The van der Waals surface area contributed by atoms with Crippen molar-refractivity contribution in [3.8, 4) is 34.5 Å². The molecule has 0 fully saturated rings. The lowest BCUT2D eigenvalue weighted by atomic mass is 9.70. The highest BCUT2D eigenvalue weighted by Crippen LogP contribution is 2.56. The van der Waals surface area contributed by atoms with E-state index in [1.165, 1.54) is 55.8 Å². The molecule has 1 aliphatic rings. The molecule has 0 aliphatic heterocycles. The van der Waals surface area contributed by atoms with Gasteiger partial charge in [-0.05, 0) is 23.8 Å². The number of methoxy groups -OCH3 is 8. The fraction of sp³-hybridized carbons (Fsp3) is 0.385. The number of aliphatic hydroxyl groups is 1. The maximum absolute atomic E-state index is 13.3. The molecule has 1 unspecified atom stereocenters. The molecule has 0 aromatic heterocycles. The summed E-state index contributed by atoms with van der Waals surface area (Å²) in [6, 6.07) is 4.77. The monoisotopic (exact) mass is 518 g/mol. The van der Waals surface area contributed by atoms with Gasteiger partial charge in [0.05, 0.1) is 62.5 Å². The predicted molar refractivity (Wildman–Crippen MR) is 131 cm³/mol. The van der Waals surface area contributed by atoms with Crippen LogP contribution in [0.1, 0.15) is 22.6 Å². The maximum atomic E-state index is 13.3. The van der Waals surface area contributed by atoms with Gasteiger partial charge in [-0.1, -0.05) is 0 Å². The van der Waals surface area contributed by atoms with Crippen molar-refractivity contribution in [3.63, 3.8) is 0 Å². The zero-order chi connectivity index (χ0) is 27.4. The Kier molecular flexibility index (Phi) is 8.26. The Hall–Kier alpha value is -4.28. The molecule has 11 nitrogen and oxygen atoms in total. The third-order valence-electron chi connectivity index (χ3n) is 6.24. The van der Waals surface area contributed by atoms with Crippen LogP contribution in [0, 0.1) is 5.92 Å². The molecule has 0 saturated carbocycles. The van der Waals surface area contributed by atoms with Crippen LogP contribution in [0.3, 0.4) is 0 Å². The second-order valence-corrected chi connectivity index (χ2v) is 7.80. The van der Waals surface area contributed by atoms with Crippen molar-refractivity contribution in [2.75, 3.05) is 56.9 Å². The molecule has 0 amide bonds. The Labute approximate surface area is 214 Å². The number of aliphatic hydroxyl groups excluding tert-OH is 1. The molecule has 0 spiro atoms. The van der Waals surface area contributed by atoms with Gasteiger partial charge in [-0.25, -0.2) is 4.79 Å². The van der Waals surface area contributed by atoms with Crippen LogP contribution in [0.25, 0.3) is 5.76 Å². The summed E-state index contributed by atoms with van der Waals surface area (Å²) in [5.74, 6) is -2.94. The van der Waals surface area contributed by atoms with Crippen LogP contribution in [0.4, 0.5) is 0 Å². The molecule has 11 heteroatoms. The van der Waals surface area contributed by atoms with Crippen LogP contribution in [-0.2, 0) is 19.1 Å². The van der Waals surface area contributed by atoms with Gasteiger partial charge >= 0.3 is 11.9 Å². The number of benzene rings is 2. The van der Waals surface area contributed by atoms with Crippen LogP contribution in [-0.4, -0.2) is 73.9 Å². The van der Waals surface area contributed by atoms with Gasteiger partial charge in [-0.3, -0.25) is 4.79 Å². The van der Waals surface area contributed by atoms with Crippen molar-refractivity contribution in [1.82, 2.24) is 0 Å². The molecule has 2 aromatic carbocycles. The van der Waals surface area contributed by atoms with Crippen molar-refractivity contribution >= 4 is 17.7 Å². The minimum absolute atomic E-state index is 0.175. The number of hydrogen-bond acceptors (Lipinski definition) is 11. The van der Waals surface area contributed by atoms with Gasteiger partial charge in [0.15, 0.2) is 23.0 Å². The summed E-state index contributed by atoms with van der Waals surface area (Å²) in [5, 5.41) is 11.3. The van der Waals surface area contributed by atoms with Gasteiger partial charge < -0.3 is 43.0 Å². The highest BCUT2D eigenvalue weighted by molar-refractivity contribution is 6.04. The molecule has 0 radical (unpaired) electrons. The average Bonchev–Trinajstić information content (AvgIpc) is 2.93. The topological polar surface area (TPSA) is 128 Å². The molecule has 37 heavy (non-hydrogen) atoms. The summed E-state index contributed by atoms with van der Waals surface area (Å²) in [5.41, 5.74) is 0.684. The largest absolute Gasteiger partial charge is 0.507 e. The molecular weight excluding hydrogens is 488 g/mol. The quantitative estimate of drug-likeness (QED) is 0.492. The maximum Gasteiger partial charge on any atom is 0.338 e. The zero-order valence-corrected chi connectivity index (χ0v) is 21.9. The Bertz CT molecular complexity index is 1210. The summed E-state index contributed by atoms with van der Waals surface area (Å²) in [7, 11) is 11.0. The van der Waals surface area contributed by atoms with Gasteiger partial charge in [0.1, 0.15) is 11.7 Å². The van der Waals surface area contributed by atoms with E-state index in [1.54, 1.807) is 12.1 Å². The molecule has 200 valence electrons. The fourth-order valence-electron chi connectivity index (χ4n) is 4.66. The third kappa shape index (κ3) is 4.41. The molecule has 1 N–H and O–H groups in total. The highest BCUT2D eigenvalue weighted by Gasteiger charge is 2.48. The van der Waals surface area contributed by atoms with Gasteiger partial charge in [-0.15, -0.1) is 0 Å². The van der Waals surface area contributed by atoms with E-state index in [2.05, 4.69) is 0 Å². The molecule has 0 bridgehead atoms. The highest BCUT2D eigenvalue weighted by atomic mass is 16.5. The van der Waals surface area contributed by atoms with Gasteiger partial charge in [0.25, 0.3) is 0 Å².